The number of hydrogen-bond donors (Lipinski definition) is 0. The van der Waals surface area contributed by atoms with E-state index < -0.39 is 5.92 Å². The van der Waals surface area contributed by atoms with Gasteiger partial charge in [0.15, 0.2) is 10.8 Å². The van der Waals surface area contributed by atoms with Crippen molar-refractivity contribution in [1.82, 2.24) is 9.55 Å². The maximum Gasteiger partial charge on any atom is 0.312 e. The lowest BCUT2D eigenvalue weighted by molar-refractivity contribution is -0.135. The highest BCUT2D eigenvalue weighted by Gasteiger charge is 2.34. The second kappa shape index (κ2) is 6.17. The molecule has 4 heterocycles. The van der Waals surface area contributed by atoms with Crippen LogP contribution in [0.4, 0.5) is 0 Å². The average Bonchev–Trinajstić information content (AvgIpc) is 3.32. The Balaban J connectivity index is 1.61. The zero-order valence-electron chi connectivity index (χ0n) is 15.3. The number of thiazole rings is 1. The minimum atomic E-state index is -0.473. The number of aromatic nitrogens is 2. The number of carbonyl (C=O) groups excluding carboxylic acids is 1. The maximum atomic E-state index is 12.8. The topological polar surface area (TPSA) is 74.3 Å². The first-order valence-corrected chi connectivity index (χ1v) is 9.70. The van der Waals surface area contributed by atoms with E-state index in [1.165, 1.54) is 0 Å². The van der Waals surface area contributed by atoms with Gasteiger partial charge >= 0.3 is 5.97 Å². The van der Waals surface area contributed by atoms with Gasteiger partial charge in [-0.3, -0.25) is 9.59 Å². The Bertz CT molecular complexity index is 1260. The van der Waals surface area contributed by atoms with Crippen molar-refractivity contribution in [2.75, 3.05) is 0 Å². The van der Waals surface area contributed by atoms with Crippen LogP contribution in [-0.4, -0.2) is 15.5 Å². The molecule has 0 unspecified atom stereocenters. The Labute approximate surface area is 164 Å². The number of aryl methyl sites for hydroxylation is 1. The highest BCUT2D eigenvalue weighted by molar-refractivity contribution is 7.21. The predicted octanol–water partition coefficient (Wildman–Crippen LogP) is 4.00. The lowest BCUT2D eigenvalue weighted by Crippen LogP contribution is -2.31. The van der Waals surface area contributed by atoms with E-state index in [-0.39, 0.29) is 17.9 Å². The van der Waals surface area contributed by atoms with Crippen LogP contribution in [0.1, 0.15) is 29.4 Å². The SMILES string of the molecule is Cc1cc2c(c(=O)n1C)[C@H](c1ccc(-c3nc4ccccc4s3)o1)CC(=O)O2. The first-order valence-electron chi connectivity index (χ1n) is 8.88. The van der Waals surface area contributed by atoms with Crippen molar-refractivity contribution in [2.45, 2.75) is 19.3 Å². The lowest BCUT2D eigenvalue weighted by Gasteiger charge is -2.23. The van der Waals surface area contributed by atoms with Gasteiger partial charge in [0.05, 0.1) is 28.1 Å². The third-order valence-electron chi connectivity index (χ3n) is 5.09. The van der Waals surface area contributed by atoms with E-state index in [2.05, 4.69) is 4.98 Å². The Hall–Kier alpha value is -3.19. The number of fused-ring (bicyclic) bond motifs is 2. The molecule has 3 aromatic heterocycles. The molecule has 1 aliphatic heterocycles. The summed E-state index contributed by atoms with van der Waals surface area (Å²) in [7, 11) is 1.71. The second-order valence-electron chi connectivity index (χ2n) is 6.85. The van der Waals surface area contributed by atoms with Gasteiger partial charge < -0.3 is 13.7 Å². The zero-order chi connectivity index (χ0) is 19.4. The summed E-state index contributed by atoms with van der Waals surface area (Å²) in [5.74, 6) is 0.662. The minimum Gasteiger partial charge on any atom is -0.458 e. The molecule has 0 spiro atoms. The third-order valence-corrected chi connectivity index (χ3v) is 6.14. The fourth-order valence-corrected chi connectivity index (χ4v) is 4.45. The average molecular weight is 392 g/mol. The van der Waals surface area contributed by atoms with Gasteiger partial charge in [-0.15, -0.1) is 11.3 Å². The second-order valence-corrected chi connectivity index (χ2v) is 7.88. The number of hydrogen-bond acceptors (Lipinski definition) is 6. The number of nitrogens with zero attached hydrogens (tertiary/aromatic N) is 2. The number of esters is 1. The molecule has 0 bridgehead atoms. The standard InChI is InChI=1S/C21H16N2O4S/c1-11-9-16-19(21(25)23(11)2)12(10-18(24)27-16)14-7-8-15(26-14)20-22-13-5-3-4-6-17(13)28-20/h3-9,12H,10H2,1-2H3/t12-/m0/s1. The van der Waals surface area contributed by atoms with Gasteiger partial charge in [0, 0.05) is 18.8 Å². The number of pyridine rings is 1. The van der Waals surface area contributed by atoms with Gasteiger partial charge in [-0.1, -0.05) is 12.1 Å². The van der Waals surface area contributed by atoms with Crippen LogP contribution in [0.3, 0.4) is 0 Å². The molecule has 7 heteroatoms. The number of carbonyl (C=O) groups is 1. The van der Waals surface area contributed by atoms with E-state index in [4.69, 9.17) is 9.15 Å². The van der Waals surface area contributed by atoms with E-state index in [9.17, 15) is 9.59 Å². The van der Waals surface area contributed by atoms with Crippen LogP contribution >= 0.6 is 11.3 Å². The smallest absolute Gasteiger partial charge is 0.312 e. The van der Waals surface area contributed by atoms with Gasteiger partial charge in [-0.25, -0.2) is 4.98 Å². The van der Waals surface area contributed by atoms with E-state index in [0.717, 1.165) is 20.9 Å². The van der Waals surface area contributed by atoms with Crippen LogP contribution in [-0.2, 0) is 11.8 Å². The quantitative estimate of drug-likeness (QED) is 0.482. The van der Waals surface area contributed by atoms with E-state index >= 15 is 0 Å². The van der Waals surface area contributed by atoms with Gasteiger partial charge in [0.2, 0.25) is 0 Å². The van der Waals surface area contributed by atoms with Crippen LogP contribution in [0.5, 0.6) is 5.75 Å². The molecule has 0 amide bonds. The number of rotatable bonds is 2. The van der Waals surface area contributed by atoms with E-state index in [1.807, 2.05) is 36.4 Å². The summed E-state index contributed by atoms with van der Waals surface area (Å²) in [6.45, 7) is 1.80. The van der Waals surface area contributed by atoms with Gasteiger partial charge in [0.25, 0.3) is 5.56 Å². The molecule has 28 heavy (non-hydrogen) atoms. The molecule has 1 aliphatic rings. The maximum absolute atomic E-state index is 12.8. The summed E-state index contributed by atoms with van der Waals surface area (Å²) in [4.78, 5) is 29.6. The van der Waals surface area contributed by atoms with Gasteiger partial charge in [-0.2, -0.15) is 0 Å². The molecule has 0 N–H and O–H groups in total. The van der Waals surface area contributed by atoms with Crippen molar-refractivity contribution in [3.8, 4) is 16.5 Å². The molecule has 1 aromatic carbocycles. The van der Waals surface area contributed by atoms with Crippen molar-refractivity contribution in [2.24, 2.45) is 7.05 Å². The summed E-state index contributed by atoms with van der Waals surface area (Å²) in [6.07, 6.45) is 0.0676. The minimum absolute atomic E-state index is 0.0676. The number of para-hydroxylation sites is 1. The molecule has 5 rings (SSSR count). The molecule has 0 aliphatic carbocycles. The van der Waals surface area contributed by atoms with Crippen molar-refractivity contribution < 1.29 is 13.9 Å². The highest BCUT2D eigenvalue weighted by Crippen LogP contribution is 2.39. The fourth-order valence-electron chi connectivity index (χ4n) is 3.52. The number of ether oxygens (including phenoxy) is 1. The monoisotopic (exact) mass is 392 g/mol. The van der Waals surface area contributed by atoms with Gasteiger partial charge in [-0.05, 0) is 31.2 Å². The molecule has 4 aromatic rings. The Morgan fingerprint density at radius 2 is 2.00 bits per heavy atom. The summed E-state index contributed by atoms with van der Waals surface area (Å²) in [6, 6.07) is 13.3. The van der Waals surface area contributed by atoms with E-state index in [0.29, 0.717) is 22.8 Å². The Morgan fingerprint density at radius 3 is 2.82 bits per heavy atom. The van der Waals surface area contributed by atoms with Crippen molar-refractivity contribution >= 4 is 27.5 Å². The molecular weight excluding hydrogens is 376 g/mol. The molecule has 1 atom stereocenters. The molecule has 6 nitrogen and oxygen atoms in total. The van der Waals surface area contributed by atoms with Crippen molar-refractivity contribution in [3.05, 3.63) is 69.8 Å². The van der Waals surface area contributed by atoms with Crippen LogP contribution in [0.2, 0.25) is 0 Å². The van der Waals surface area contributed by atoms with Crippen molar-refractivity contribution in [3.63, 3.8) is 0 Å². The fraction of sp³-hybridized carbons (Fsp3) is 0.190. The first-order chi connectivity index (χ1) is 13.5. The molecular formula is C21H16N2O4S. The zero-order valence-corrected chi connectivity index (χ0v) is 16.1. The third kappa shape index (κ3) is 2.58. The van der Waals surface area contributed by atoms with Crippen LogP contribution in [0, 0.1) is 6.92 Å². The van der Waals surface area contributed by atoms with Crippen LogP contribution < -0.4 is 10.3 Å². The molecule has 0 saturated carbocycles. The molecule has 140 valence electrons. The number of benzene rings is 1. The lowest BCUT2D eigenvalue weighted by atomic mass is 9.91. The summed E-state index contributed by atoms with van der Waals surface area (Å²) in [5.41, 5.74) is 1.92. The first kappa shape index (κ1) is 16.9. The highest BCUT2D eigenvalue weighted by atomic mass is 32.1. The largest absolute Gasteiger partial charge is 0.458 e. The molecule has 0 radical (unpaired) electrons. The summed E-state index contributed by atoms with van der Waals surface area (Å²) < 4.78 is 14.0. The molecule has 0 saturated heterocycles. The summed E-state index contributed by atoms with van der Waals surface area (Å²) >= 11 is 1.54. The normalized spacial score (nSPS) is 16.2. The van der Waals surface area contributed by atoms with Crippen molar-refractivity contribution in [1.29, 1.82) is 0 Å². The predicted molar refractivity (Wildman–Crippen MR) is 106 cm³/mol. The summed E-state index contributed by atoms with van der Waals surface area (Å²) in [5, 5.41) is 0.767. The van der Waals surface area contributed by atoms with Crippen LogP contribution in [0.15, 0.2) is 51.7 Å². The van der Waals surface area contributed by atoms with Gasteiger partial charge in [0.1, 0.15) is 11.5 Å². The molecule has 0 fully saturated rings. The Kier molecular flexibility index (Phi) is 3.73. The number of furan rings is 1. The Morgan fingerprint density at radius 1 is 1.18 bits per heavy atom. The van der Waals surface area contributed by atoms with Crippen LogP contribution in [0.25, 0.3) is 21.0 Å². The van der Waals surface area contributed by atoms with E-state index in [1.54, 1.807) is 35.9 Å².